The molecule has 0 amide bonds. The molecule has 0 bridgehead atoms. The quantitative estimate of drug-likeness (QED) is 0.891. The minimum atomic E-state index is 0.205. The van der Waals surface area contributed by atoms with Gasteiger partial charge in [0.15, 0.2) is 11.5 Å². The Kier molecular flexibility index (Phi) is 3.30. The molecule has 18 heavy (non-hydrogen) atoms. The Labute approximate surface area is 104 Å². The Morgan fingerprint density at radius 3 is 2.67 bits per heavy atom. The van der Waals surface area contributed by atoms with Crippen LogP contribution in [0.5, 0.6) is 17.4 Å². The molecule has 0 unspecified atom stereocenters. The van der Waals surface area contributed by atoms with Gasteiger partial charge in [0.05, 0.1) is 19.0 Å². The van der Waals surface area contributed by atoms with Crippen LogP contribution < -0.4 is 15.2 Å². The van der Waals surface area contributed by atoms with Crippen LogP contribution in [0.2, 0.25) is 0 Å². The first-order valence-electron chi connectivity index (χ1n) is 5.21. The van der Waals surface area contributed by atoms with E-state index in [1.807, 2.05) is 12.1 Å². The van der Waals surface area contributed by atoms with E-state index >= 15 is 0 Å². The van der Waals surface area contributed by atoms with Crippen LogP contribution in [0.15, 0.2) is 36.5 Å². The molecule has 0 aliphatic rings. The van der Waals surface area contributed by atoms with Gasteiger partial charge < -0.3 is 15.2 Å². The third-order valence-corrected chi connectivity index (χ3v) is 2.27. The van der Waals surface area contributed by atoms with Gasteiger partial charge in [0.1, 0.15) is 11.6 Å². The fraction of sp³-hybridized carbons (Fsp3) is 0.0769. The van der Waals surface area contributed by atoms with E-state index in [1.165, 1.54) is 12.3 Å². The average Bonchev–Trinajstić information content (AvgIpc) is 2.41. The largest absolute Gasteiger partial charge is 0.493 e. The summed E-state index contributed by atoms with van der Waals surface area (Å²) >= 11 is 0. The molecule has 0 atom stereocenters. The maximum atomic E-state index is 8.99. The molecule has 0 fully saturated rings. The molecule has 0 saturated heterocycles. The highest BCUT2D eigenvalue weighted by molar-refractivity contribution is 5.50. The van der Waals surface area contributed by atoms with Crippen molar-refractivity contribution in [2.45, 2.75) is 0 Å². The Morgan fingerprint density at radius 2 is 2.00 bits per heavy atom. The van der Waals surface area contributed by atoms with Gasteiger partial charge in [-0.15, -0.1) is 0 Å². The molecule has 2 rings (SSSR count). The Hall–Kier alpha value is -2.74. The van der Waals surface area contributed by atoms with Crippen LogP contribution in [0, 0.1) is 11.3 Å². The molecule has 1 aromatic carbocycles. The lowest BCUT2D eigenvalue weighted by atomic mass is 10.2. The van der Waals surface area contributed by atoms with Gasteiger partial charge in [-0.1, -0.05) is 12.1 Å². The second-order valence-electron chi connectivity index (χ2n) is 3.49. The summed E-state index contributed by atoms with van der Waals surface area (Å²) in [5, 5.41) is 8.99. The molecule has 5 heteroatoms. The van der Waals surface area contributed by atoms with Gasteiger partial charge in [-0.3, -0.25) is 0 Å². The predicted octanol–water partition coefficient (Wildman–Crippen LogP) is 2.34. The van der Waals surface area contributed by atoms with Crippen LogP contribution in [0.4, 0.5) is 5.69 Å². The minimum absolute atomic E-state index is 0.205. The number of rotatable bonds is 3. The van der Waals surface area contributed by atoms with Crippen molar-refractivity contribution in [3.63, 3.8) is 0 Å². The van der Waals surface area contributed by atoms with Gasteiger partial charge in [-0.05, 0) is 18.2 Å². The second-order valence-corrected chi connectivity index (χ2v) is 3.49. The third-order valence-electron chi connectivity index (χ3n) is 2.27. The van der Waals surface area contributed by atoms with E-state index in [9.17, 15) is 0 Å². The van der Waals surface area contributed by atoms with E-state index in [-0.39, 0.29) is 11.4 Å². The van der Waals surface area contributed by atoms with Crippen molar-refractivity contribution < 1.29 is 9.47 Å². The van der Waals surface area contributed by atoms with Crippen molar-refractivity contribution in [1.82, 2.24) is 4.98 Å². The number of methoxy groups -OCH3 is 1. The Bertz CT molecular complexity index is 605. The van der Waals surface area contributed by atoms with E-state index in [1.54, 1.807) is 25.3 Å². The number of ether oxygens (including phenoxy) is 2. The fourth-order valence-corrected chi connectivity index (χ4v) is 1.44. The lowest BCUT2D eigenvalue weighted by Gasteiger charge is -2.10. The van der Waals surface area contributed by atoms with Crippen LogP contribution in [0.3, 0.4) is 0 Å². The second kappa shape index (κ2) is 5.06. The van der Waals surface area contributed by atoms with Crippen molar-refractivity contribution in [2.24, 2.45) is 0 Å². The van der Waals surface area contributed by atoms with Gasteiger partial charge in [0.25, 0.3) is 0 Å². The number of nitrogens with two attached hydrogens (primary N) is 1. The summed E-state index contributed by atoms with van der Waals surface area (Å²) < 4.78 is 10.7. The SMILES string of the molecule is COc1ccccc1Oc1ncc(N)cc1C#N. The molecular weight excluding hydrogens is 230 g/mol. The number of hydrogen-bond donors (Lipinski definition) is 1. The third kappa shape index (κ3) is 2.33. The fourth-order valence-electron chi connectivity index (χ4n) is 1.44. The Balaban J connectivity index is 2.37. The molecule has 2 N–H and O–H groups in total. The molecule has 5 nitrogen and oxygen atoms in total. The Morgan fingerprint density at radius 1 is 1.28 bits per heavy atom. The summed E-state index contributed by atoms with van der Waals surface area (Å²) in [5.41, 5.74) is 6.25. The molecule has 1 aromatic heterocycles. The van der Waals surface area contributed by atoms with Gasteiger partial charge >= 0.3 is 0 Å². The van der Waals surface area contributed by atoms with E-state index in [2.05, 4.69) is 4.98 Å². The van der Waals surface area contributed by atoms with Crippen molar-refractivity contribution >= 4 is 5.69 Å². The molecule has 0 spiro atoms. The molecule has 90 valence electrons. The molecule has 0 saturated carbocycles. The maximum Gasteiger partial charge on any atom is 0.237 e. The average molecular weight is 241 g/mol. The normalized spacial score (nSPS) is 9.56. The van der Waals surface area contributed by atoms with Crippen LogP contribution in [-0.2, 0) is 0 Å². The molecule has 0 aliphatic carbocycles. The number of para-hydroxylation sites is 2. The summed E-state index contributed by atoms with van der Waals surface area (Å²) in [7, 11) is 1.55. The number of anilines is 1. The lowest BCUT2D eigenvalue weighted by molar-refractivity contribution is 0.374. The monoisotopic (exact) mass is 241 g/mol. The first-order valence-corrected chi connectivity index (χ1v) is 5.21. The summed E-state index contributed by atoms with van der Waals surface area (Å²) in [4.78, 5) is 3.99. The number of hydrogen-bond acceptors (Lipinski definition) is 5. The molecular formula is C13H11N3O2. The lowest BCUT2D eigenvalue weighted by Crippen LogP contribution is -1.96. The van der Waals surface area contributed by atoms with E-state index in [0.717, 1.165) is 0 Å². The molecule has 1 heterocycles. The number of nitrogen functional groups attached to an aromatic ring is 1. The smallest absolute Gasteiger partial charge is 0.237 e. The van der Waals surface area contributed by atoms with Crippen molar-refractivity contribution in [3.8, 4) is 23.4 Å². The number of nitriles is 1. The van der Waals surface area contributed by atoms with Gasteiger partial charge in [0, 0.05) is 0 Å². The number of benzene rings is 1. The topological polar surface area (TPSA) is 81.2 Å². The number of nitrogens with zero attached hydrogens (tertiary/aromatic N) is 2. The maximum absolute atomic E-state index is 8.99. The summed E-state index contributed by atoms with van der Waals surface area (Å²) in [6.07, 6.45) is 1.44. The minimum Gasteiger partial charge on any atom is -0.493 e. The van der Waals surface area contributed by atoms with Gasteiger partial charge in [0.2, 0.25) is 5.88 Å². The van der Waals surface area contributed by atoms with E-state index in [0.29, 0.717) is 17.2 Å². The van der Waals surface area contributed by atoms with Gasteiger partial charge in [-0.2, -0.15) is 5.26 Å². The first kappa shape index (κ1) is 11.7. The molecule has 2 aromatic rings. The summed E-state index contributed by atoms with van der Waals surface area (Å²) in [6, 6.07) is 10.6. The highest BCUT2D eigenvalue weighted by atomic mass is 16.5. The van der Waals surface area contributed by atoms with Crippen molar-refractivity contribution in [3.05, 3.63) is 42.1 Å². The van der Waals surface area contributed by atoms with Crippen LogP contribution in [-0.4, -0.2) is 12.1 Å². The van der Waals surface area contributed by atoms with Crippen LogP contribution in [0.25, 0.3) is 0 Å². The van der Waals surface area contributed by atoms with Crippen molar-refractivity contribution in [2.75, 3.05) is 12.8 Å². The predicted molar refractivity (Wildman–Crippen MR) is 66.4 cm³/mol. The summed E-state index contributed by atoms with van der Waals surface area (Å²) in [5.74, 6) is 1.27. The molecule has 0 radical (unpaired) electrons. The zero-order valence-corrected chi connectivity index (χ0v) is 9.75. The van der Waals surface area contributed by atoms with Gasteiger partial charge in [-0.25, -0.2) is 4.98 Å². The summed E-state index contributed by atoms with van der Waals surface area (Å²) in [6.45, 7) is 0. The van der Waals surface area contributed by atoms with E-state index < -0.39 is 0 Å². The van der Waals surface area contributed by atoms with Crippen molar-refractivity contribution in [1.29, 1.82) is 5.26 Å². The highest BCUT2D eigenvalue weighted by Crippen LogP contribution is 2.31. The highest BCUT2D eigenvalue weighted by Gasteiger charge is 2.10. The van der Waals surface area contributed by atoms with E-state index in [4.69, 9.17) is 20.5 Å². The number of aromatic nitrogens is 1. The van der Waals surface area contributed by atoms with Crippen LogP contribution in [0.1, 0.15) is 5.56 Å². The first-order chi connectivity index (χ1) is 8.74. The van der Waals surface area contributed by atoms with Crippen LogP contribution >= 0.6 is 0 Å². The molecule has 0 aliphatic heterocycles. The standard InChI is InChI=1S/C13H11N3O2/c1-17-11-4-2-3-5-12(11)18-13-9(7-14)6-10(15)8-16-13/h2-6,8H,15H2,1H3. The zero-order chi connectivity index (χ0) is 13.0. The zero-order valence-electron chi connectivity index (χ0n) is 9.75. The number of pyridine rings is 1.